The molecule has 1 N–H and O–H groups in total. The number of hydrogen-bond donors (Lipinski definition) is 1. The number of nitrogens with one attached hydrogen (secondary N) is 1. The van der Waals surface area contributed by atoms with Gasteiger partial charge in [0.05, 0.1) is 11.8 Å². The molecule has 0 atom stereocenters. The standard InChI is InChI=1S/C10H7IN2O2/c11-9-4-2-1-3-8(9)10(14)13-7-5-12-15-6-7/h1-6H,(H,13,14). The summed E-state index contributed by atoms with van der Waals surface area (Å²) in [6.45, 7) is 0. The number of benzene rings is 1. The van der Waals surface area contributed by atoms with Gasteiger partial charge >= 0.3 is 0 Å². The fourth-order valence-electron chi connectivity index (χ4n) is 1.11. The quantitative estimate of drug-likeness (QED) is 0.867. The van der Waals surface area contributed by atoms with E-state index < -0.39 is 0 Å². The largest absolute Gasteiger partial charge is 0.363 e. The lowest BCUT2D eigenvalue weighted by Gasteiger charge is -2.03. The predicted octanol–water partition coefficient (Wildman–Crippen LogP) is 2.53. The Morgan fingerprint density at radius 3 is 2.87 bits per heavy atom. The normalized spacial score (nSPS) is 9.93. The van der Waals surface area contributed by atoms with Gasteiger partial charge in [0, 0.05) is 3.57 Å². The Labute approximate surface area is 99.8 Å². The van der Waals surface area contributed by atoms with Crippen LogP contribution < -0.4 is 5.32 Å². The van der Waals surface area contributed by atoms with Crippen molar-refractivity contribution < 1.29 is 9.32 Å². The minimum Gasteiger partial charge on any atom is -0.363 e. The van der Waals surface area contributed by atoms with Crippen LogP contribution in [0, 0.1) is 3.57 Å². The van der Waals surface area contributed by atoms with Crippen LogP contribution >= 0.6 is 22.6 Å². The Morgan fingerprint density at radius 1 is 1.40 bits per heavy atom. The lowest BCUT2D eigenvalue weighted by Crippen LogP contribution is -2.12. The fourth-order valence-corrected chi connectivity index (χ4v) is 1.74. The van der Waals surface area contributed by atoms with E-state index in [1.165, 1.54) is 12.5 Å². The zero-order valence-electron chi connectivity index (χ0n) is 7.61. The van der Waals surface area contributed by atoms with Crippen LogP contribution in [0.2, 0.25) is 0 Å². The second-order valence-electron chi connectivity index (χ2n) is 2.85. The van der Waals surface area contributed by atoms with Crippen LogP contribution in [0.1, 0.15) is 10.4 Å². The summed E-state index contributed by atoms with van der Waals surface area (Å²) in [4.78, 5) is 11.7. The minimum atomic E-state index is -0.164. The average molecular weight is 314 g/mol. The highest BCUT2D eigenvalue weighted by atomic mass is 127. The number of nitrogens with zero attached hydrogens (tertiary/aromatic N) is 1. The molecule has 4 nitrogen and oxygen atoms in total. The minimum absolute atomic E-state index is 0.164. The maximum absolute atomic E-state index is 11.7. The van der Waals surface area contributed by atoms with Crippen LogP contribution in [0.25, 0.3) is 0 Å². The van der Waals surface area contributed by atoms with E-state index >= 15 is 0 Å². The first-order chi connectivity index (χ1) is 7.27. The highest BCUT2D eigenvalue weighted by Crippen LogP contribution is 2.13. The molecular formula is C10H7IN2O2. The molecule has 5 heteroatoms. The molecule has 0 bridgehead atoms. The Balaban J connectivity index is 2.19. The first-order valence-electron chi connectivity index (χ1n) is 4.22. The molecule has 1 aromatic carbocycles. The topological polar surface area (TPSA) is 55.1 Å². The van der Waals surface area contributed by atoms with Crippen molar-refractivity contribution in [3.05, 3.63) is 45.9 Å². The average Bonchev–Trinajstić information content (AvgIpc) is 2.71. The van der Waals surface area contributed by atoms with Crippen LogP contribution in [-0.2, 0) is 0 Å². The van der Waals surface area contributed by atoms with Crippen molar-refractivity contribution in [2.75, 3.05) is 5.32 Å². The number of anilines is 1. The van der Waals surface area contributed by atoms with Crippen LogP contribution in [0.4, 0.5) is 5.69 Å². The summed E-state index contributed by atoms with van der Waals surface area (Å²) in [5, 5.41) is 6.18. The molecule has 0 aliphatic carbocycles. The summed E-state index contributed by atoms with van der Waals surface area (Å²) in [7, 11) is 0. The molecule has 15 heavy (non-hydrogen) atoms. The lowest BCUT2D eigenvalue weighted by molar-refractivity contribution is 0.102. The molecule has 1 heterocycles. The molecule has 0 aliphatic rings. The van der Waals surface area contributed by atoms with Gasteiger partial charge in [0.2, 0.25) is 0 Å². The summed E-state index contributed by atoms with van der Waals surface area (Å²) in [6.07, 6.45) is 2.83. The van der Waals surface area contributed by atoms with E-state index in [9.17, 15) is 4.79 Å². The van der Waals surface area contributed by atoms with Gasteiger partial charge in [-0.25, -0.2) is 0 Å². The van der Waals surface area contributed by atoms with Gasteiger partial charge in [-0.1, -0.05) is 17.3 Å². The van der Waals surface area contributed by atoms with Gasteiger partial charge in [0.25, 0.3) is 5.91 Å². The number of carbonyl (C=O) groups excluding carboxylic acids is 1. The monoisotopic (exact) mass is 314 g/mol. The zero-order valence-corrected chi connectivity index (χ0v) is 9.76. The van der Waals surface area contributed by atoms with Crippen LogP contribution in [-0.4, -0.2) is 11.1 Å². The molecule has 0 spiro atoms. The van der Waals surface area contributed by atoms with Gasteiger partial charge in [0.1, 0.15) is 12.0 Å². The van der Waals surface area contributed by atoms with Gasteiger partial charge < -0.3 is 9.84 Å². The number of amides is 1. The summed E-state index contributed by atoms with van der Waals surface area (Å²) in [5.41, 5.74) is 1.19. The first-order valence-corrected chi connectivity index (χ1v) is 5.30. The third-order valence-corrected chi connectivity index (χ3v) is 2.75. The third-order valence-electron chi connectivity index (χ3n) is 1.81. The van der Waals surface area contributed by atoms with Crippen molar-refractivity contribution in [2.45, 2.75) is 0 Å². The zero-order chi connectivity index (χ0) is 10.7. The highest BCUT2D eigenvalue weighted by molar-refractivity contribution is 14.1. The molecule has 2 aromatic rings. The van der Waals surface area contributed by atoms with E-state index in [1.54, 1.807) is 6.07 Å². The van der Waals surface area contributed by atoms with Crippen molar-refractivity contribution in [1.29, 1.82) is 0 Å². The molecule has 1 aromatic heterocycles. The summed E-state index contributed by atoms with van der Waals surface area (Å²) in [5.74, 6) is -0.164. The second kappa shape index (κ2) is 4.43. The molecule has 0 saturated carbocycles. The molecule has 2 rings (SSSR count). The van der Waals surface area contributed by atoms with Crippen molar-refractivity contribution in [3.8, 4) is 0 Å². The Morgan fingerprint density at radius 2 is 2.20 bits per heavy atom. The maximum Gasteiger partial charge on any atom is 0.256 e. The van der Waals surface area contributed by atoms with E-state index in [0.29, 0.717) is 11.3 Å². The van der Waals surface area contributed by atoms with Crippen molar-refractivity contribution in [2.24, 2.45) is 0 Å². The van der Waals surface area contributed by atoms with Crippen LogP contribution in [0.15, 0.2) is 41.2 Å². The third kappa shape index (κ3) is 2.35. The molecular weight excluding hydrogens is 307 g/mol. The van der Waals surface area contributed by atoms with Gasteiger partial charge in [-0.3, -0.25) is 4.79 Å². The number of halogens is 1. The molecule has 0 unspecified atom stereocenters. The Kier molecular flexibility index (Phi) is 3.00. The predicted molar refractivity (Wildman–Crippen MR) is 63.6 cm³/mol. The molecule has 76 valence electrons. The van der Waals surface area contributed by atoms with E-state index in [2.05, 4.69) is 37.6 Å². The van der Waals surface area contributed by atoms with E-state index in [1.807, 2.05) is 18.2 Å². The first kappa shape index (κ1) is 10.2. The summed E-state index contributed by atoms with van der Waals surface area (Å²) < 4.78 is 5.52. The molecule has 0 aliphatic heterocycles. The smallest absolute Gasteiger partial charge is 0.256 e. The number of hydrogen-bond acceptors (Lipinski definition) is 3. The van der Waals surface area contributed by atoms with Gasteiger partial charge in [-0.05, 0) is 34.7 Å². The van der Waals surface area contributed by atoms with Crippen LogP contribution in [0.5, 0.6) is 0 Å². The van der Waals surface area contributed by atoms with E-state index in [0.717, 1.165) is 3.57 Å². The van der Waals surface area contributed by atoms with Crippen molar-refractivity contribution in [1.82, 2.24) is 5.16 Å². The fraction of sp³-hybridized carbons (Fsp3) is 0. The number of carbonyl (C=O) groups is 1. The van der Waals surface area contributed by atoms with Gasteiger partial charge in [-0.15, -0.1) is 0 Å². The Bertz CT molecular complexity index is 468. The number of aromatic nitrogens is 1. The number of rotatable bonds is 2. The summed E-state index contributed by atoms with van der Waals surface area (Å²) in [6, 6.07) is 7.36. The van der Waals surface area contributed by atoms with Gasteiger partial charge in [-0.2, -0.15) is 0 Å². The maximum atomic E-state index is 11.7. The van der Waals surface area contributed by atoms with Crippen LogP contribution in [0.3, 0.4) is 0 Å². The molecule has 1 amide bonds. The van der Waals surface area contributed by atoms with Crippen molar-refractivity contribution >= 4 is 34.2 Å². The molecule has 0 fully saturated rings. The van der Waals surface area contributed by atoms with E-state index in [4.69, 9.17) is 0 Å². The Hall–Kier alpha value is -1.37. The molecule has 0 radical (unpaired) electrons. The highest BCUT2D eigenvalue weighted by Gasteiger charge is 2.09. The SMILES string of the molecule is O=C(Nc1cnoc1)c1ccccc1I. The second-order valence-corrected chi connectivity index (χ2v) is 4.01. The van der Waals surface area contributed by atoms with E-state index in [-0.39, 0.29) is 5.91 Å². The molecule has 0 saturated heterocycles. The lowest BCUT2D eigenvalue weighted by atomic mass is 10.2. The summed E-state index contributed by atoms with van der Waals surface area (Å²) >= 11 is 2.12. The van der Waals surface area contributed by atoms with Crippen molar-refractivity contribution in [3.63, 3.8) is 0 Å². The van der Waals surface area contributed by atoms with Gasteiger partial charge in [0.15, 0.2) is 0 Å².